The maximum absolute atomic E-state index is 5.69. The summed E-state index contributed by atoms with van der Waals surface area (Å²) in [4.78, 5) is 1.22. The van der Waals surface area contributed by atoms with E-state index in [1.807, 2.05) is 12.1 Å². The van der Waals surface area contributed by atoms with E-state index in [1.165, 1.54) is 4.90 Å². The van der Waals surface area contributed by atoms with Crippen molar-refractivity contribution in [2.75, 3.05) is 11.5 Å². The first-order valence-electron chi connectivity index (χ1n) is 3.42. The van der Waals surface area contributed by atoms with Crippen LogP contribution in [0.2, 0.25) is 0 Å². The van der Waals surface area contributed by atoms with Crippen molar-refractivity contribution < 1.29 is 0 Å². The molecule has 1 nitrogen and oxygen atoms in total. The van der Waals surface area contributed by atoms with E-state index in [9.17, 15) is 0 Å². The molecule has 1 aromatic rings. The van der Waals surface area contributed by atoms with Gasteiger partial charge in [0.1, 0.15) is 0 Å². The highest BCUT2D eigenvalue weighted by Crippen LogP contribution is 2.31. The van der Waals surface area contributed by atoms with Crippen LogP contribution < -0.4 is 5.73 Å². The number of anilines is 1. The van der Waals surface area contributed by atoms with Gasteiger partial charge in [0.2, 0.25) is 0 Å². The second kappa shape index (κ2) is 4.02. The molecule has 0 saturated heterocycles. The normalized spacial score (nSPS) is 10.0. The van der Waals surface area contributed by atoms with Gasteiger partial charge in [0.15, 0.2) is 0 Å². The van der Waals surface area contributed by atoms with Crippen LogP contribution in [0.25, 0.3) is 0 Å². The number of benzene rings is 1. The number of rotatable bonds is 2. The molecule has 0 spiro atoms. The summed E-state index contributed by atoms with van der Waals surface area (Å²) in [6.45, 7) is 2.13. The van der Waals surface area contributed by atoms with E-state index < -0.39 is 0 Å². The van der Waals surface area contributed by atoms with Gasteiger partial charge in [-0.15, -0.1) is 11.8 Å². The number of nitrogens with two attached hydrogens (primary N) is 1. The summed E-state index contributed by atoms with van der Waals surface area (Å²) < 4.78 is 1.02. The van der Waals surface area contributed by atoms with E-state index in [2.05, 4.69) is 28.9 Å². The lowest BCUT2D eigenvalue weighted by Gasteiger charge is -2.03. The summed E-state index contributed by atoms with van der Waals surface area (Å²) in [6, 6.07) is 5.93. The molecule has 0 fully saturated rings. The van der Waals surface area contributed by atoms with Crippen molar-refractivity contribution in [3.8, 4) is 0 Å². The fraction of sp³-hybridized carbons (Fsp3) is 0.250. The van der Waals surface area contributed by atoms with Crippen molar-refractivity contribution in [2.24, 2.45) is 0 Å². The lowest BCUT2D eigenvalue weighted by atomic mass is 10.3. The predicted molar refractivity (Wildman–Crippen MR) is 55.0 cm³/mol. The third-order valence-electron chi connectivity index (χ3n) is 1.29. The van der Waals surface area contributed by atoms with Crippen LogP contribution in [0.1, 0.15) is 6.92 Å². The largest absolute Gasteiger partial charge is 0.398 e. The van der Waals surface area contributed by atoms with Gasteiger partial charge in [-0.25, -0.2) is 0 Å². The minimum absolute atomic E-state index is 0.809. The Bertz CT molecular complexity index is 250. The van der Waals surface area contributed by atoms with Gasteiger partial charge in [-0.05, 0) is 33.8 Å². The summed E-state index contributed by atoms with van der Waals surface area (Å²) in [6.07, 6.45) is 0. The number of nitrogen functional groups attached to an aromatic ring is 1. The lowest BCUT2D eigenvalue weighted by molar-refractivity contribution is 1.39. The fourth-order valence-corrected chi connectivity index (χ4v) is 2.13. The van der Waals surface area contributed by atoms with Crippen molar-refractivity contribution in [1.29, 1.82) is 0 Å². The monoisotopic (exact) mass is 231 g/mol. The highest BCUT2D eigenvalue weighted by atomic mass is 79.9. The average molecular weight is 232 g/mol. The van der Waals surface area contributed by atoms with Crippen LogP contribution in [-0.2, 0) is 0 Å². The fourth-order valence-electron chi connectivity index (χ4n) is 0.795. The molecule has 11 heavy (non-hydrogen) atoms. The summed E-state index contributed by atoms with van der Waals surface area (Å²) in [5.74, 6) is 1.07. The molecule has 0 bridgehead atoms. The molecular weight excluding hydrogens is 222 g/mol. The van der Waals surface area contributed by atoms with Gasteiger partial charge in [0.25, 0.3) is 0 Å². The summed E-state index contributed by atoms with van der Waals surface area (Å²) in [5, 5.41) is 0. The molecule has 0 heterocycles. The highest BCUT2D eigenvalue weighted by molar-refractivity contribution is 9.10. The Kier molecular flexibility index (Phi) is 3.27. The van der Waals surface area contributed by atoms with E-state index in [4.69, 9.17) is 5.73 Å². The average Bonchev–Trinajstić information content (AvgIpc) is 1.99. The van der Waals surface area contributed by atoms with Gasteiger partial charge in [-0.3, -0.25) is 0 Å². The van der Waals surface area contributed by atoms with E-state index in [0.29, 0.717) is 0 Å². The first-order chi connectivity index (χ1) is 5.25. The third kappa shape index (κ3) is 2.14. The Balaban J connectivity index is 2.96. The number of halogens is 1. The standard InChI is InChI=1S/C8H10BrNS/c1-2-11-7-5-3-4-6(10)8(7)9/h3-5H,2,10H2,1H3. The molecule has 0 aliphatic carbocycles. The molecule has 0 radical (unpaired) electrons. The molecule has 2 N–H and O–H groups in total. The zero-order valence-electron chi connectivity index (χ0n) is 6.30. The molecule has 1 aromatic carbocycles. The molecule has 0 unspecified atom stereocenters. The van der Waals surface area contributed by atoms with Gasteiger partial charge in [0.05, 0.1) is 4.47 Å². The number of hydrogen-bond donors (Lipinski definition) is 1. The zero-order valence-corrected chi connectivity index (χ0v) is 8.71. The molecule has 0 saturated carbocycles. The van der Waals surface area contributed by atoms with Crippen LogP contribution in [0.5, 0.6) is 0 Å². The van der Waals surface area contributed by atoms with Crippen LogP contribution in [-0.4, -0.2) is 5.75 Å². The first kappa shape index (κ1) is 8.94. The molecule has 1 rings (SSSR count). The van der Waals surface area contributed by atoms with E-state index in [1.54, 1.807) is 11.8 Å². The predicted octanol–water partition coefficient (Wildman–Crippen LogP) is 3.14. The quantitative estimate of drug-likeness (QED) is 0.626. The molecule has 3 heteroatoms. The Morgan fingerprint density at radius 2 is 2.27 bits per heavy atom. The van der Waals surface area contributed by atoms with Crippen LogP contribution in [0.15, 0.2) is 27.6 Å². The van der Waals surface area contributed by atoms with Gasteiger partial charge in [-0.1, -0.05) is 13.0 Å². The van der Waals surface area contributed by atoms with Crippen molar-refractivity contribution in [3.63, 3.8) is 0 Å². The van der Waals surface area contributed by atoms with Crippen molar-refractivity contribution in [3.05, 3.63) is 22.7 Å². The first-order valence-corrected chi connectivity index (χ1v) is 5.20. The van der Waals surface area contributed by atoms with Crippen molar-refractivity contribution in [2.45, 2.75) is 11.8 Å². The molecule has 0 aliphatic rings. The van der Waals surface area contributed by atoms with Gasteiger partial charge >= 0.3 is 0 Å². The molecule has 60 valence electrons. The van der Waals surface area contributed by atoms with Crippen LogP contribution in [0, 0.1) is 0 Å². The van der Waals surface area contributed by atoms with Crippen LogP contribution >= 0.6 is 27.7 Å². The van der Waals surface area contributed by atoms with Gasteiger partial charge in [0, 0.05) is 10.6 Å². The minimum atomic E-state index is 0.809. The maximum atomic E-state index is 5.69. The minimum Gasteiger partial charge on any atom is -0.398 e. The van der Waals surface area contributed by atoms with Crippen molar-refractivity contribution >= 4 is 33.4 Å². The molecule has 0 aliphatic heterocycles. The van der Waals surface area contributed by atoms with Gasteiger partial charge in [-0.2, -0.15) is 0 Å². The Morgan fingerprint density at radius 1 is 1.55 bits per heavy atom. The second-order valence-electron chi connectivity index (χ2n) is 2.09. The SMILES string of the molecule is CCSc1cccc(N)c1Br. The Labute approximate surface area is 79.5 Å². The molecule has 0 amide bonds. The number of hydrogen-bond acceptors (Lipinski definition) is 2. The molecular formula is C8H10BrNS. The van der Waals surface area contributed by atoms with Gasteiger partial charge < -0.3 is 5.73 Å². The summed E-state index contributed by atoms with van der Waals surface area (Å²) in [7, 11) is 0. The van der Waals surface area contributed by atoms with E-state index in [0.717, 1.165) is 15.9 Å². The second-order valence-corrected chi connectivity index (χ2v) is 4.19. The summed E-state index contributed by atoms with van der Waals surface area (Å²) >= 11 is 5.22. The zero-order chi connectivity index (χ0) is 8.27. The topological polar surface area (TPSA) is 26.0 Å². The van der Waals surface area contributed by atoms with Crippen LogP contribution in [0.4, 0.5) is 5.69 Å². The van der Waals surface area contributed by atoms with Crippen LogP contribution in [0.3, 0.4) is 0 Å². The van der Waals surface area contributed by atoms with E-state index >= 15 is 0 Å². The highest BCUT2D eigenvalue weighted by Gasteiger charge is 2.00. The molecule has 0 atom stereocenters. The van der Waals surface area contributed by atoms with Crippen molar-refractivity contribution in [1.82, 2.24) is 0 Å². The Morgan fingerprint density at radius 3 is 2.91 bits per heavy atom. The number of thioether (sulfide) groups is 1. The lowest BCUT2D eigenvalue weighted by Crippen LogP contribution is -1.87. The maximum Gasteiger partial charge on any atom is 0.0540 e. The Hall–Kier alpha value is -0.150. The molecule has 0 aromatic heterocycles. The van der Waals surface area contributed by atoms with E-state index in [-0.39, 0.29) is 0 Å². The smallest absolute Gasteiger partial charge is 0.0540 e. The third-order valence-corrected chi connectivity index (χ3v) is 3.38. The summed E-state index contributed by atoms with van der Waals surface area (Å²) in [5.41, 5.74) is 6.50.